The van der Waals surface area contributed by atoms with E-state index in [0.29, 0.717) is 11.7 Å². The third-order valence-electron chi connectivity index (χ3n) is 4.89. The van der Waals surface area contributed by atoms with E-state index < -0.39 is 6.06 Å². The summed E-state index contributed by atoms with van der Waals surface area (Å²) in [7, 11) is 0. The Balaban J connectivity index is 1.48. The molecule has 0 saturated carbocycles. The van der Waals surface area contributed by atoms with Crippen LogP contribution in [0.15, 0.2) is 48.5 Å². The molecular weight excluding hydrogens is 455 g/mol. The van der Waals surface area contributed by atoms with Crippen molar-refractivity contribution in [3.05, 3.63) is 54.1 Å². The molecule has 0 atom stereocenters. The highest BCUT2D eigenvalue weighted by Gasteiger charge is 2.38. The molecule has 0 spiro atoms. The van der Waals surface area contributed by atoms with Gasteiger partial charge in [-0.2, -0.15) is 0 Å². The van der Waals surface area contributed by atoms with Gasteiger partial charge in [0.1, 0.15) is 5.75 Å². The number of hydrogen-bond acceptors (Lipinski definition) is 3. The molecule has 1 aliphatic rings. The minimum absolute atomic E-state index is 0.301. The van der Waals surface area contributed by atoms with Crippen LogP contribution in [0.2, 0.25) is 6.04 Å². The van der Waals surface area contributed by atoms with E-state index in [1.807, 2.05) is 12.1 Å². The number of phenols is 1. The van der Waals surface area contributed by atoms with Gasteiger partial charge in [-0.25, -0.2) is 0 Å². The Morgan fingerprint density at radius 2 is 1.58 bits per heavy atom. The fraction of sp³-hybridized carbons (Fsp3) is 0.429. The van der Waals surface area contributed by atoms with Crippen LogP contribution >= 0.6 is 21.8 Å². The van der Waals surface area contributed by atoms with Crippen LogP contribution in [0.25, 0.3) is 11.1 Å². The zero-order chi connectivity index (χ0) is 18.4. The normalized spacial score (nSPS) is 23.1. The van der Waals surface area contributed by atoms with E-state index in [4.69, 9.17) is 8.85 Å². The van der Waals surface area contributed by atoms with Crippen LogP contribution in [-0.4, -0.2) is 24.4 Å². The molecule has 140 valence electrons. The highest BCUT2D eigenvalue weighted by molar-refractivity contribution is 14.1. The monoisotopic (exact) mass is 482 g/mol. The first kappa shape index (κ1) is 19.9. The van der Waals surface area contributed by atoms with Crippen LogP contribution in [-0.2, 0) is 15.3 Å². The molecule has 2 aromatic carbocycles. The predicted octanol–water partition coefficient (Wildman–Crippen LogP) is 5.83. The van der Waals surface area contributed by atoms with Crippen LogP contribution in [0, 0.1) is 5.92 Å². The molecule has 0 amide bonds. The molecule has 0 radical (unpaired) electrons. The Kier molecular flexibility index (Phi) is 7.14. The first-order chi connectivity index (χ1) is 12.6. The number of unbranched alkanes of at least 4 members (excludes halogenated alkanes) is 1. The summed E-state index contributed by atoms with van der Waals surface area (Å²) in [6.07, 6.45) is 4.56. The molecule has 1 saturated heterocycles. The quantitative estimate of drug-likeness (QED) is 0.307. The van der Waals surface area contributed by atoms with Crippen molar-refractivity contribution in [1.82, 2.24) is 0 Å². The maximum atomic E-state index is 9.40. The summed E-state index contributed by atoms with van der Waals surface area (Å²) in [5.41, 5.74) is 3.65. The Bertz CT molecular complexity index is 679. The average molecular weight is 482 g/mol. The van der Waals surface area contributed by atoms with Crippen molar-refractivity contribution in [2.75, 3.05) is 13.2 Å². The maximum absolute atomic E-state index is 9.40. The van der Waals surface area contributed by atoms with Crippen molar-refractivity contribution in [2.24, 2.45) is 5.92 Å². The predicted molar refractivity (Wildman–Crippen MR) is 117 cm³/mol. The molecule has 5 heteroatoms. The molecule has 1 N–H and O–H groups in total. The fourth-order valence-corrected chi connectivity index (χ4v) is 7.50. The molecular formula is C21H27IO3Si. The zero-order valence-corrected chi connectivity index (χ0v) is 18.4. The number of benzene rings is 2. The Labute approximate surface area is 170 Å². The van der Waals surface area contributed by atoms with Crippen LogP contribution in [0.4, 0.5) is 0 Å². The smallest absolute Gasteiger partial charge is 0.407 e. The third-order valence-corrected chi connectivity index (χ3v) is 10.5. The second kappa shape index (κ2) is 9.35. The summed E-state index contributed by atoms with van der Waals surface area (Å²) < 4.78 is 12.3. The molecule has 1 fully saturated rings. The minimum atomic E-state index is -1.90. The van der Waals surface area contributed by atoms with Gasteiger partial charge in [-0.1, -0.05) is 56.2 Å². The van der Waals surface area contributed by atoms with Crippen molar-refractivity contribution < 1.29 is 14.0 Å². The van der Waals surface area contributed by atoms with Crippen LogP contribution < -0.4 is 0 Å². The number of aromatic hydroxyl groups is 1. The van der Waals surface area contributed by atoms with E-state index in [-0.39, 0.29) is 0 Å². The first-order valence-corrected chi connectivity index (χ1v) is 14.6. The van der Waals surface area contributed by atoms with E-state index in [1.54, 1.807) is 12.1 Å². The summed E-state index contributed by atoms with van der Waals surface area (Å²) in [5, 5.41) is 9.40. The second-order valence-electron chi connectivity index (χ2n) is 7.03. The Hall–Kier alpha value is -0.893. The fourth-order valence-electron chi connectivity index (χ4n) is 3.16. The molecule has 1 heterocycles. The molecule has 0 aliphatic carbocycles. The highest BCUT2D eigenvalue weighted by atomic mass is 127. The van der Waals surface area contributed by atoms with Crippen molar-refractivity contribution in [3.63, 3.8) is 0 Å². The molecule has 1 aliphatic heterocycles. The SMILES string of the molecule is CCCC[Si]1(I)OCC(CCc2ccc(-c3ccc(O)cc3)cc2)CO1. The van der Waals surface area contributed by atoms with Crippen LogP contribution in [0.1, 0.15) is 31.7 Å². The van der Waals surface area contributed by atoms with Gasteiger partial charge in [0.25, 0.3) is 0 Å². The van der Waals surface area contributed by atoms with Gasteiger partial charge in [-0.15, -0.1) is 0 Å². The van der Waals surface area contributed by atoms with E-state index in [2.05, 4.69) is 53.0 Å². The van der Waals surface area contributed by atoms with Crippen molar-refractivity contribution in [3.8, 4) is 16.9 Å². The van der Waals surface area contributed by atoms with Gasteiger partial charge < -0.3 is 14.0 Å². The summed E-state index contributed by atoms with van der Waals surface area (Å²) >= 11 is 2.45. The average Bonchev–Trinajstić information content (AvgIpc) is 2.67. The van der Waals surface area contributed by atoms with Gasteiger partial charge >= 0.3 is 6.06 Å². The first-order valence-electron chi connectivity index (χ1n) is 9.43. The Morgan fingerprint density at radius 1 is 1.00 bits per heavy atom. The van der Waals surface area contributed by atoms with Gasteiger partial charge in [0.2, 0.25) is 0 Å². The van der Waals surface area contributed by atoms with Gasteiger partial charge in [0, 0.05) is 25.2 Å². The molecule has 0 unspecified atom stereocenters. The standard InChI is InChI=1S/C21H27IO3Si/c1-2-3-14-26(22)24-15-18(16-25-26)5-4-17-6-8-19(9-7-17)20-10-12-21(23)13-11-20/h6-13,18,23H,2-5,14-16H2,1H3. The molecule has 3 rings (SSSR count). The lowest BCUT2D eigenvalue weighted by Gasteiger charge is -2.34. The molecule has 2 aromatic rings. The molecule has 3 nitrogen and oxygen atoms in total. The summed E-state index contributed by atoms with van der Waals surface area (Å²) in [6.45, 7) is 3.92. The number of phenolic OH excluding ortho intramolecular Hbond substituents is 1. The molecule has 0 aromatic heterocycles. The summed E-state index contributed by atoms with van der Waals surface area (Å²) in [4.78, 5) is 0. The maximum Gasteiger partial charge on any atom is 0.407 e. The largest absolute Gasteiger partial charge is 0.508 e. The molecule has 0 bridgehead atoms. The third kappa shape index (κ3) is 5.55. The minimum Gasteiger partial charge on any atom is -0.508 e. The molecule has 26 heavy (non-hydrogen) atoms. The van der Waals surface area contributed by atoms with Gasteiger partial charge in [0.05, 0.1) is 0 Å². The van der Waals surface area contributed by atoms with Crippen molar-refractivity contribution in [1.29, 1.82) is 0 Å². The van der Waals surface area contributed by atoms with Gasteiger partial charge in [-0.3, -0.25) is 0 Å². The second-order valence-corrected chi connectivity index (χ2v) is 14.4. The van der Waals surface area contributed by atoms with Gasteiger partial charge in [-0.05, 0) is 63.5 Å². The number of aryl methyl sites for hydroxylation is 1. The number of halogens is 1. The lowest BCUT2D eigenvalue weighted by atomic mass is 9.98. The Morgan fingerprint density at radius 3 is 2.15 bits per heavy atom. The highest BCUT2D eigenvalue weighted by Crippen LogP contribution is 2.31. The lowest BCUT2D eigenvalue weighted by Crippen LogP contribution is -2.44. The summed E-state index contributed by atoms with van der Waals surface area (Å²) in [6, 6.07) is 15.3. The van der Waals surface area contributed by atoms with Gasteiger partial charge in [0.15, 0.2) is 0 Å². The van der Waals surface area contributed by atoms with E-state index >= 15 is 0 Å². The number of hydrogen-bond donors (Lipinski definition) is 1. The van der Waals surface area contributed by atoms with Crippen LogP contribution in [0.3, 0.4) is 0 Å². The van der Waals surface area contributed by atoms with E-state index in [0.717, 1.165) is 37.7 Å². The lowest BCUT2D eigenvalue weighted by molar-refractivity contribution is 0.0720. The number of rotatable bonds is 7. The topological polar surface area (TPSA) is 38.7 Å². The van der Waals surface area contributed by atoms with Crippen molar-refractivity contribution >= 4 is 27.9 Å². The summed E-state index contributed by atoms with van der Waals surface area (Å²) in [5.74, 6) is 0.805. The van der Waals surface area contributed by atoms with Crippen LogP contribution in [0.5, 0.6) is 5.75 Å². The van der Waals surface area contributed by atoms with E-state index in [9.17, 15) is 5.11 Å². The zero-order valence-electron chi connectivity index (χ0n) is 15.3. The van der Waals surface area contributed by atoms with E-state index in [1.165, 1.54) is 24.0 Å². The van der Waals surface area contributed by atoms with Crippen molar-refractivity contribution in [2.45, 2.75) is 38.7 Å².